The first-order chi connectivity index (χ1) is 10.1. The van der Waals surface area contributed by atoms with E-state index in [0.717, 1.165) is 36.1 Å². The van der Waals surface area contributed by atoms with E-state index in [9.17, 15) is 14.4 Å². The number of ether oxygens (including phenoxy) is 1. The molecule has 2 aromatic heterocycles. The van der Waals surface area contributed by atoms with Crippen molar-refractivity contribution in [2.75, 3.05) is 6.61 Å². The molecular formula is C14H15NO5S. The highest BCUT2D eigenvalue weighted by atomic mass is 32.1. The maximum absolute atomic E-state index is 12.0. The molecule has 1 aliphatic carbocycles. The molecule has 0 atom stereocenters. The van der Waals surface area contributed by atoms with Crippen LogP contribution < -0.4 is 11.4 Å². The third kappa shape index (κ3) is 2.42. The molecule has 0 saturated heterocycles. The van der Waals surface area contributed by atoms with E-state index in [0.29, 0.717) is 10.2 Å². The van der Waals surface area contributed by atoms with E-state index < -0.39 is 17.4 Å². The van der Waals surface area contributed by atoms with Gasteiger partial charge >= 0.3 is 17.4 Å². The van der Waals surface area contributed by atoms with Gasteiger partial charge in [0.1, 0.15) is 11.4 Å². The molecule has 0 aromatic carbocycles. The van der Waals surface area contributed by atoms with Crippen LogP contribution in [0.25, 0.3) is 10.2 Å². The van der Waals surface area contributed by atoms with E-state index in [4.69, 9.17) is 9.15 Å². The monoisotopic (exact) mass is 309 g/mol. The summed E-state index contributed by atoms with van der Waals surface area (Å²) >= 11 is 1.41. The van der Waals surface area contributed by atoms with Gasteiger partial charge in [-0.05, 0) is 38.2 Å². The average Bonchev–Trinajstić information content (AvgIpc) is 2.83. The molecule has 0 amide bonds. The molecule has 2 heterocycles. The quantitative estimate of drug-likeness (QED) is 0.802. The maximum atomic E-state index is 12.0. The van der Waals surface area contributed by atoms with Gasteiger partial charge in [-0.1, -0.05) is 0 Å². The summed E-state index contributed by atoms with van der Waals surface area (Å²) in [6, 6.07) is 0. The summed E-state index contributed by atoms with van der Waals surface area (Å²) < 4.78 is 10.8. The van der Waals surface area contributed by atoms with Crippen molar-refractivity contribution in [3.05, 3.63) is 31.4 Å². The molecule has 3 rings (SSSR count). The van der Waals surface area contributed by atoms with Crippen LogP contribution in [0.3, 0.4) is 0 Å². The zero-order valence-corrected chi connectivity index (χ0v) is 12.5. The number of fused-ring (bicyclic) bond motifs is 3. The van der Waals surface area contributed by atoms with Crippen LogP contribution in [0.5, 0.6) is 0 Å². The van der Waals surface area contributed by atoms with E-state index in [1.807, 2.05) is 0 Å². The fourth-order valence-electron chi connectivity index (χ4n) is 2.69. The second kappa shape index (κ2) is 5.48. The Labute approximate surface area is 123 Å². The van der Waals surface area contributed by atoms with Gasteiger partial charge in [0.05, 0.1) is 12.0 Å². The van der Waals surface area contributed by atoms with Crippen LogP contribution in [0.4, 0.5) is 0 Å². The van der Waals surface area contributed by atoms with Crippen molar-refractivity contribution in [3.8, 4) is 0 Å². The number of carbonyl (C=O) groups excluding carboxylic acids is 1. The van der Waals surface area contributed by atoms with Crippen LogP contribution >= 0.6 is 11.3 Å². The van der Waals surface area contributed by atoms with Crippen molar-refractivity contribution in [3.63, 3.8) is 0 Å². The van der Waals surface area contributed by atoms with Crippen molar-refractivity contribution < 1.29 is 13.9 Å². The second-order valence-corrected chi connectivity index (χ2v) is 6.02. The number of aryl methyl sites for hydroxylation is 2. The Bertz CT molecular complexity index is 813. The van der Waals surface area contributed by atoms with Crippen molar-refractivity contribution in [1.29, 1.82) is 0 Å². The third-order valence-electron chi connectivity index (χ3n) is 3.59. The molecule has 7 heteroatoms. The average molecular weight is 309 g/mol. The Morgan fingerprint density at radius 3 is 2.86 bits per heavy atom. The van der Waals surface area contributed by atoms with E-state index in [1.54, 1.807) is 6.92 Å². The fourth-order valence-corrected chi connectivity index (χ4v) is 4.06. The number of esters is 1. The molecule has 2 aromatic rings. The third-order valence-corrected chi connectivity index (χ3v) is 4.91. The maximum Gasteiger partial charge on any atom is 0.423 e. The molecule has 0 fully saturated rings. The number of aromatic nitrogens is 1. The van der Waals surface area contributed by atoms with Crippen LogP contribution in [-0.4, -0.2) is 17.1 Å². The lowest BCUT2D eigenvalue weighted by atomic mass is 9.97. The Kier molecular flexibility index (Phi) is 3.67. The fraction of sp³-hybridized carbons (Fsp3) is 0.500. The summed E-state index contributed by atoms with van der Waals surface area (Å²) in [4.78, 5) is 37.2. The zero-order valence-electron chi connectivity index (χ0n) is 11.6. The van der Waals surface area contributed by atoms with Crippen LogP contribution in [0.2, 0.25) is 0 Å². The van der Waals surface area contributed by atoms with Crippen LogP contribution in [0, 0.1) is 0 Å². The summed E-state index contributed by atoms with van der Waals surface area (Å²) in [7, 11) is 0. The molecular weight excluding hydrogens is 294 g/mol. The lowest BCUT2D eigenvalue weighted by Crippen LogP contribution is -2.28. The summed E-state index contributed by atoms with van der Waals surface area (Å²) in [5.74, 6) is -1.32. The van der Waals surface area contributed by atoms with Crippen molar-refractivity contribution in [1.82, 2.24) is 4.57 Å². The summed E-state index contributed by atoms with van der Waals surface area (Å²) in [6.45, 7) is 1.71. The minimum atomic E-state index is -0.806. The molecule has 0 radical (unpaired) electrons. The number of hydrogen-bond acceptors (Lipinski definition) is 6. The van der Waals surface area contributed by atoms with Gasteiger partial charge < -0.3 is 9.15 Å². The smallest absolute Gasteiger partial charge is 0.423 e. The summed E-state index contributed by atoms with van der Waals surface area (Å²) in [5, 5.41) is 0.457. The van der Waals surface area contributed by atoms with E-state index in [-0.39, 0.29) is 13.2 Å². The predicted molar refractivity (Wildman–Crippen MR) is 77.9 cm³/mol. The van der Waals surface area contributed by atoms with Gasteiger partial charge in [0.2, 0.25) is 0 Å². The lowest BCUT2D eigenvalue weighted by molar-refractivity contribution is -0.143. The first kappa shape index (κ1) is 14.1. The second-order valence-electron chi connectivity index (χ2n) is 4.94. The van der Waals surface area contributed by atoms with Gasteiger partial charge in [0.25, 0.3) is 0 Å². The molecule has 0 unspecified atom stereocenters. The van der Waals surface area contributed by atoms with Crippen LogP contribution in [-0.2, 0) is 28.9 Å². The van der Waals surface area contributed by atoms with Crippen molar-refractivity contribution in [2.24, 2.45) is 0 Å². The number of thiophene rings is 1. The van der Waals surface area contributed by atoms with Gasteiger partial charge in [-0.3, -0.25) is 9.36 Å². The highest BCUT2D eigenvalue weighted by Gasteiger charge is 2.23. The molecule has 0 aliphatic heterocycles. The van der Waals surface area contributed by atoms with Crippen LogP contribution in [0.15, 0.2) is 14.0 Å². The molecule has 112 valence electrons. The van der Waals surface area contributed by atoms with Crippen LogP contribution in [0.1, 0.15) is 30.2 Å². The van der Waals surface area contributed by atoms with E-state index >= 15 is 0 Å². The summed E-state index contributed by atoms with van der Waals surface area (Å²) in [5.41, 5.74) is 0.377. The topological polar surface area (TPSA) is 78.5 Å². The highest BCUT2D eigenvalue weighted by molar-refractivity contribution is 7.18. The highest BCUT2D eigenvalue weighted by Crippen LogP contribution is 2.34. The molecule has 6 nitrogen and oxygen atoms in total. The van der Waals surface area contributed by atoms with Crippen molar-refractivity contribution in [2.45, 2.75) is 39.2 Å². The van der Waals surface area contributed by atoms with Gasteiger partial charge in [-0.2, -0.15) is 0 Å². The lowest BCUT2D eigenvalue weighted by Gasteiger charge is -2.09. The zero-order chi connectivity index (χ0) is 15.0. The molecule has 21 heavy (non-hydrogen) atoms. The Balaban J connectivity index is 2.20. The van der Waals surface area contributed by atoms with Gasteiger partial charge in [0.15, 0.2) is 0 Å². The normalized spacial score (nSPS) is 14.1. The standard InChI is InChI=1S/C14H15NO5S/c1-2-19-10(16)7-15-12-11(13(17)20-14(15)18)8-5-3-4-6-9(8)21-12/h2-7H2,1H3. The first-order valence-corrected chi connectivity index (χ1v) is 7.77. The molecule has 0 spiro atoms. The van der Waals surface area contributed by atoms with Gasteiger partial charge in [-0.25, -0.2) is 9.59 Å². The van der Waals surface area contributed by atoms with E-state index in [2.05, 4.69) is 0 Å². The Morgan fingerprint density at radius 2 is 2.10 bits per heavy atom. The Hall–Kier alpha value is -1.89. The van der Waals surface area contributed by atoms with Gasteiger partial charge in [-0.15, -0.1) is 11.3 Å². The SMILES string of the molecule is CCOC(=O)Cn1c(=O)oc(=O)c2c3c(sc21)CCCC3. The van der Waals surface area contributed by atoms with Crippen molar-refractivity contribution >= 4 is 27.5 Å². The Morgan fingerprint density at radius 1 is 1.33 bits per heavy atom. The molecule has 0 saturated carbocycles. The molecule has 0 bridgehead atoms. The minimum Gasteiger partial charge on any atom is -0.465 e. The number of carbonyl (C=O) groups is 1. The number of rotatable bonds is 3. The predicted octanol–water partition coefficient (Wildman–Crippen LogP) is 1.46. The first-order valence-electron chi connectivity index (χ1n) is 6.95. The summed E-state index contributed by atoms with van der Waals surface area (Å²) in [6.07, 6.45) is 3.82. The largest absolute Gasteiger partial charge is 0.465 e. The number of nitrogens with zero attached hydrogens (tertiary/aromatic N) is 1. The van der Waals surface area contributed by atoms with Gasteiger partial charge in [0, 0.05) is 4.88 Å². The van der Waals surface area contributed by atoms with E-state index in [1.165, 1.54) is 15.9 Å². The molecule has 1 aliphatic rings. The molecule has 0 N–H and O–H groups in total. The minimum absolute atomic E-state index is 0.230. The number of hydrogen-bond donors (Lipinski definition) is 0.